The van der Waals surface area contributed by atoms with Gasteiger partial charge in [0, 0.05) is 11.9 Å². The maximum atomic E-state index is 11.9. The molecule has 0 saturated carbocycles. The fraction of sp³-hybridized carbons (Fsp3) is 0.538. The van der Waals surface area contributed by atoms with Crippen LogP contribution >= 0.6 is 15.9 Å². The lowest BCUT2D eigenvalue weighted by Crippen LogP contribution is -2.35. The summed E-state index contributed by atoms with van der Waals surface area (Å²) in [6.07, 6.45) is 0.931. The average Bonchev–Trinajstić information content (AvgIpc) is 2.28. The Morgan fingerprint density at radius 1 is 1.22 bits per heavy atom. The summed E-state index contributed by atoms with van der Waals surface area (Å²) in [5, 5.41) is 0.875. The zero-order chi connectivity index (χ0) is 13.6. The van der Waals surface area contributed by atoms with Gasteiger partial charge in [-0.2, -0.15) is 0 Å². The van der Waals surface area contributed by atoms with Gasteiger partial charge in [-0.05, 0) is 17.4 Å². The first-order chi connectivity index (χ1) is 8.35. The molecule has 0 atom stereocenters. The number of benzene rings is 1. The third-order valence-electron chi connectivity index (χ3n) is 2.74. The van der Waals surface area contributed by atoms with Gasteiger partial charge in [0.2, 0.25) is 10.0 Å². The van der Waals surface area contributed by atoms with E-state index in [1.165, 1.54) is 0 Å². The van der Waals surface area contributed by atoms with Crippen molar-refractivity contribution in [2.24, 2.45) is 5.41 Å². The maximum absolute atomic E-state index is 11.9. The van der Waals surface area contributed by atoms with E-state index in [1.807, 2.05) is 30.3 Å². The predicted molar refractivity (Wildman–Crippen MR) is 79.3 cm³/mol. The number of nitrogens with one attached hydrogen (secondary N) is 1. The summed E-state index contributed by atoms with van der Waals surface area (Å²) in [5.41, 5.74) is 0.774. The van der Waals surface area contributed by atoms with Gasteiger partial charge < -0.3 is 0 Å². The van der Waals surface area contributed by atoms with E-state index in [-0.39, 0.29) is 11.2 Å². The van der Waals surface area contributed by atoms with Crippen LogP contribution in [0.1, 0.15) is 25.8 Å². The quantitative estimate of drug-likeness (QED) is 0.780. The molecule has 0 radical (unpaired) electrons. The van der Waals surface area contributed by atoms with Crippen LogP contribution in [0, 0.1) is 5.41 Å². The molecule has 102 valence electrons. The molecule has 0 bridgehead atoms. The Bertz CT molecular complexity index is 457. The first-order valence-corrected chi connectivity index (χ1v) is 8.69. The van der Waals surface area contributed by atoms with Gasteiger partial charge in [0.25, 0.3) is 0 Å². The Morgan fingerprint density at radius 3 is 2.39 bits per heavy atom. The summed E-state index contributed by atoms with van der Waals surface area (Å²) < 4.78 is 26.5. The van der Waals surface area contributed by atoms with E-state index >= 15 is 0 Å². The summed E-state index contributed by atoms with van der Waals surface area (Å²) in [7, 11) is -3.25. The Hall–Kier alpha value is -0.390. The molecule has 0 saturated heterocycles. The Balaban J connectivity index is 2.56. The van der Waals surface area contributed by atoms with E-state index in [0.717, 1.165) is 17.3 Å². The number of rotatable bonds is 7. The van der Waals surface area contributed by atoms with Crippen LogP contribution in [0.25, 0.3) is 0 Å². The van der Waals surface area contributed by atoms with Crippen molar-refractivity contribution in [3.63, 3.8) is 0 Å². The topological polar surface area (TPSA) is 46.2 Å². The standard InChI is InChI=1S/C13H20BrNO2S/c1-13(2,8-9-14)11-15-18(16,17)10-12-6-4-3-5-7-12/h3-7,15H,8-11H2,1-2H3. The van der Waals surface area contributed by atoms with E-state index < -0.39 is 10.0 Å². The van der Waals surface area contributed by atoms with Crippen LogP contribution in [0.2, 0.25) is 0 Å². The van der Waals surface area contributed by atoms with E-state index in [4.69, 9.17) is 0 Å². The van der Waals surface area contributed by atoms with Crippen LogP contribution in [0.3, 0.4) is 0 Å². The molecule has 0 heterocycles. The van der Waals surface area contributed by atoms with Crippen LogP contribution in [0.5, 0.6) is 0 Å². The van der Waals surface area contributed by atoms with Crippen LogP contribution in [-0.4, -0.2) is 20.3 Å². The molecule has 3 nitrogen and oxygen atoms in total. The molecular formula is C13H20BrNO2S. The van der Waals surface area contributed by atoms with Gasteiger partial charge in [-0.3, -0.25) is 0 Å². The van der Waals surface area contributed by atoms with Gasteiger partial charge in [0.1, 0.15) is 0 Å². The largest absolute Gasteiger partial charge is 0.215 e. The number of hydrogen-bond acceptors (Lipinski definition) is 2. The third-order valence-corrected chi connectivity index (χ3v) is 4.44. The molecule has 0 amide bonds. The zero-order valence-corrected chi connectivity index (χ0v) is 13.2. The van der Waals surface area contributed by atoms with Gasteiger partial charge in [-0.15, -0.1) is 0 Å². The highest BCUT2D eigenvalue weighted by molar-refractivity contribution is 9.09. The zero-order valence-electron chi connectivity index (χ0n) is 10.8. The molecule has 0 aliphatic rings. The Kier molecular flexibility index (Phi) is 5.82. The lowest BCUT2D eigenvalue weighted by atomic mass is 9.91. The lowest BCUT2D eigenvalue weighted by Gasteiger charge is -2.23. The minimum atomic E-state index is -3.25. The van der Waals surface area contributed by atoms with E-state index in [0.29, 0.717) is 6.54 Å². The molecule has 18 heavy (non-hydrogen) atoms. The first kappa shape index (κ1) is 15.7. The second kappa shape index (κ2) is 6.68. The molecule has 0 spiro atoms. The summed E-state index contributed by atoms with van der Waals surface area (Å²) in [4.78, 5) is 0. The van der Waals surface area contributed by atoms with Gasteiger partial charge in [0.15, 0.2) is 0 Å². The highest BCUT2D eigenvalue weighted by atomic mass is 79.9. The fourth-order valence-electron chi connectivity index (χ4n) is 1.49. The summed E-state index contributed by atoms with van der Waals surface area (Å²) in [6.45, 7) is 4.58. The normalized spacial score (nSPS) is 12.6. The van der Waals surface area contributed by atoms with Gasteiger partial charge in [-0.25, -0.2) is 13.1 Å². The lowest BCUT2D eigenvalue weighted by molar-refractivity contribution is 0.354. The first-order valence-electron chi connectivity index (χ1n) is 5.92. The molecule has 1 aromatic rings. The SMILES string of the molecule is CC(C)(CCBr)CNS(=O)(=O)Cc1ccccc1. The maximum Gasteiger partial charge on any atom is 0.215 e. The van der Waals surface area contributed by atoms with Crippen molar-refractivity contribution >= 4 is 26.0 Å². The van der Waals surface area contributed by atoms with Crippen molar-refractivity contribution in [3.8, 4) is 0 Å². The number of sulfonamides is 1. The molecule has 0 unspecified atom stereocenters. The van der Waals surface area contributed by atoms with E-state index in [2.05, 4.69) is 34.5 Å². The van der Waals surface area contributed by atoms with Gasteiger partial charge in [0.05, 0.1) is 5.75 Å². The Morgan fingerprint density at radius 2 is 1.83 bits per heavy atom. The average molecular weight is 334 g/mol. The monoisotopic (exact) mass is 333 g/mol. The highest BCUT2D eigenvalue weighted by Crippen LogP contribution is 2.20. The van der Waals surface area contributed by atoms with Crippen molar-refractivity contribution in [3.05, 3.63) is 35.9 Å². The number of alkyl halides is 1. The Labute approximate surface area is 118 Å². The minimum absolute atomic E-state index is 0.0345. The van der Waals surface area contributed by atoms with Crippen molar-refractivity contribution < 1.29 is 8.42 Å². The molecular weight excluding hydrogens is 314 g/mol. The van der Waals surface area contributed by atoms with E-state index in [1.54, 1.807) is 0 Å². The highest BCUT2D eigenvalue weighted by Gasteiger charge is 2.20. The molecule has 0 aromatic heterocycles. The molecule has 0 fully saturated rings. The van der Waals surface area contributed by atoms with E-state index in [9.17, 15) is 8.42 Å². The molecule has 1 aromatic carbocycles. The van der Waals surface area contributed by atoms with Crippen LogP contribution < -0.4 is 4.72 Å². The molecule has 5 heteroatoms. The second-order valence-corrected chi connectivity index (χ2v) is 7.77. The summed E-state index contributed by atoms with van der Waals surface area (Å²) in [6, 6.07) is 9.22. The smallest absolute Gasteiger partial charge is 0.214 e. The third kappa shape index (κ3) is 5.98. The minimum Gasteiger partial charge on any atom is -0.214 e. The fourth-order valence-corrected chi connectivity index (χ4v) is 3.91. The van der Waals surface area contributed by atoms with Gasteiger partial charge in [-0.1, -0.05) is 60.1 Å². The molecule has 0 aliphatic carbocycles. The molecule has 1 rings (SSSR count). The summed E-state index contributed by atoms with van der Waals surface area (Å²) in [5.74, 6) is 0.0399. The van der Waals surface area contributed by atoms with Crippen molar-refractivity contribution in [1.29, 1.82) is 0 Å². The summed E-state index contributed by atoms with van der Waals surface area (Å²) >= 11 is 3.38. The second-order valence-electron chi connectivity index (χ2n) is 5.17. The predicted octanol–water partition coefficient (Wildman–Crippen LogP) is 2.92. The van der Waals surface area contributed by atoms with Crippen molar-refractivity contribution in [2.75, 3.05) is 11.9 Å². The molecule has 1 N–H and O–H groups in total. The number of hydrogen-bond donors (Lipinski definition) is 1. The van der Waals surface area contributed by atoms with Crippen molar-refractivity contribution in [1.82, 2.24) is 4.72 Å². The van der Waals surface area contributed by atoms with Crippen LogP contribution in [0.15, 0.2) is 30.3 Å². The van der Waals surface area contributed by atoms with Crippen molar-refractivity contribution in [2.45, 2.75) is 26.0 Å². The van der Waals surface area contributed by atoms with Gasteiger partial charge >= 0.3 is 0 Å². The molecule has 0 aliphatic heterocycles. The van der Waals surface area contributed by atoms with Crippen LogP contribution in [0.4, 0.5) is 0 Å². The number of halogens is 1. The van der Waals surface area contributed by atoms with Crippen LogP contribution in [-0.2, 0) is 15.8 Å².